The van der Waals surface area contributed by atoms with E-state index in [2.05, 4.69) is 21.2 Å². The number of amides is 1. The first kappa shape index (κ1) is 9.48. The van der Waals surface area contributed by atoms with Gasteiger partial charge in [0.05, 0.1) is 10.2 Å². The molecule has 74 valence electrons. The zero-order chi connectivity index (χ0) is 10.1. The number of fused-ring (bicyclic) bond motifs is 1. The maximum absolute atomic E-state index is 11.1. The third-order valence-corrected chi connectivity index (χ3v) is 2.55. The zero-order valence-electron chi connectivity index (χ0n) is 7.34. The van der Waals surface area contributed by atoms with Crippen LogP contribution in [0.2, 0.25) is 0 Å². The van der Waals surface area contributed by atoms with Crippen molar-refractivity contribution in [1.82, 2.24) is 0 Å². The summed E-state index contributed by atoms with van der Waals surface area (Å²) < 4.78 is 6.08. The van der Waals surface area contributed by atoms with Gasteiger partial charge in [-0.15, -0.1) is 0 Å². The van der Waals surface area contributed by atoms with E-state index in [1.165, 1.54) is 0 Å². The minimum absolute atomic E-state index is 0.0631. The number of hydrogen-bond acceptors (Lipinski definition) is 3. The number of rotatable bonds is 1. The third-order valence-electron chi connectivity index (χ3n) is 1.96. The molecular weight excluding hydrogens is 248 g/mol. The Hall–Kier alpha value is -1.07. The van der Waals surface area contributed by atoms with Gasteiger partial charge < -0.3 is 15.8 Å². The smallest absolute Gasteiger partial charge is 0.262 e. The summed E-state index contributed by atoms with van der Waals surface area (Å²) in [7, 11) is 0. The summed E-state index contributed by atoms with van der Waals surface area (Å²) >= 11 is 3.36. The molecule has 1 aromatic carbocycles. The predicted octanol–water partition coefficient (Wildman–Crippen LogP) is 1.24. The van der Waals surface area contributed by atoms with Gasteiger partial charge in [-0.25, -0.2) is 0 Å². The van der Waals surface area contributed by atoms with Gasteiger partial charge in [0.1, 0.15) is 0 Å². The van der Waals surface area contributed by atoms with Crippen LogP contribution in [0.5, 0.6) is 5.75 Å². The minimum Gasteiger partial charge on any atom is -0.480 e. The second kappa shape index (κ2) is 3.59. The molecule has 2 rings (SSSR count). The summed E-state index contributed by atoms with van der Waals surface area (Å²) in [6.45, 7) is 0.495. The average molecular weight is 257 g/mol. The molecule has 1 aliphatic rings. The fraction of sp³-hybridized carbons (Fsp3) is 0.222. The third kappa shape index (κ3) is 1.60. The molecule has 14 heavy (non-hydrogen) atoms. The lowest BCUT2D eigenvalue weighted by Crippen LogP contribution is -2.25. The van der Waals surface area contributed by atoms with Crippen LogP contribution in [0.25, 0.3) is 0 Å². The van der Waals surface area contributed by atoms with Crippen molar-refractivity contribution in [2.24, 2.45) is 5.73 Å². The fourth-order valence-corrected chi connectivity index (χ4v) is 1.95. The minimum atomic E-state index is -0.140. The van der Waals surface area contributed by atoms with Gasteiger partial charge in [-0.05, 0) is 33.6 Å². The van der Waals surface area contributed by atoms with E-state index in [0.717, 1.165) is 10.0 Å². The van der Waals surface area contributed by atoms with E-state index in [4.69, 9.17) is 10.5 Å². The Labute approximate surface area is 89.6 Å². The Morgan fingerprint density at radius 2 is 2.36 bits per heavy atom. The number of ether oxygens (including phenoxy) is 1. The zero-order valence-corrected chi connectivity index (χ0v) is 8.93. The number of carbonyl (C=O) groups is 1. The van der Waals surface area contributed by atoms with E-state index in [1.807, 2.05) is 12.1 Å². The molecule has 0 fully saturated rings. The Morgan fingerprint density at radius 3 is 3.07 bits per heavy atom. The van der Waals surface area contributed by atoms with Crippen molar-refractivity contribution >= 4 is 27.5 Å². The van der Waals surface area contributed by atoms with Crippen LogP contribution < -0.4 is 15.8 Å². The van der Waals surface area contributed by atoms with E-state index in [1.54, 1.807) is 0 Å². The van der Waals surface area contributed by atoms with E-state index in [0.29, 0.717) is 18.0 Å². The maximum Gasteiger partial charge on any atom is 0.262 e. The van der Waals surface area contributed by atoms with Gasteiger partial charge in [-0.3, -0.25) is 4.79 Å². The summed E-state index contributed by atoms with van der Waals surface area (Å²) in [4.78, 5) is 11.1. The summed E-state index contributed by atoms with van der Waals surface area (Å²) in [6.07, 6.45) is 0. The van der Waals surface area contributed by atoms with E-state index in [-0.39, 0.29) is 12.5 Å². The molecule has 1 aromatic rings. The highest BCUT2D eigenvalue weighted by molar-refractivity contribution is 9.10. The van der Waals surface area contributed by atoms with Crippen molar-refractivity contribution in [2.45, 2.75) is 6.54 Å². The number of nitrogens with two attached hydrogens (primary N) is 1. The summed E-state index contributed by atoms with van der Waals surface area (Å²) in [5, 5.41) is 2.73. The molecule has 0 radical (unpaired) electrons. The monoisotopic (exact) mass is 256 g/mol. The molecule has 1 amide bonds. The van der Waals surface area contributed by atoms with Crippen LogP contribution in [0.15, 0.2) is 16.6 Å². The van der Waals surface area contributed by atoms with Crippen LogP contribution in [-0.2, 0) is 11.3 Å². The number of benzene rings is 1. The SMILES string of the molecule is NCc1cc(Br)c2c(c1)NC(=O)CO2. The number of nitrogens with one attached hydrogen (secondary N) is 1. The van der Waals surface area contributed by atoms with Crippen molar-refractivity contribution in [3.63, 3.8) is 0 Å². The summed E-state index contributed by atoms with van der Waals surface area (Å²) in [5.41, 5.74) is 7.13. The van der Waals surface area contributed by atoms with Crippen LogP contribution >= 0.6 is 15.9 Å². The van der Waals surface area contributed by atoms with Crippen LogP contribution in [0.1, 0.15) is 5.56 Å². The first-order valence-electron chi connectivity index (χ1n) is 4.16. The van der Waals surface area contributed by atoms with Crippen LogP contribution in [-0.4, -0.2) is 12.5 Å². The van der Waals surface area contributed by atoms with Crippen molar-refractivity contribution in [3.8, 4) is 5.75 Å². The van der Waals surface area contributed by atoms with Crippen LogP contribution in [0.4, 0.5) is 5.69 Å². The predicted molar refractivity (Wildman–Crippen MR) is 56.2 cm³/mol. The van der Waals surface area contributed by atoms with Gasteiger partial charge in [-0.1, -0.05) is 0 Å². The molecule has 5 heteroatoms. The highest BCUT2D eigenvalue weighted by Gasteiger charge is 2.18. The van der Waals surface area contributed by atoms with Gasteiger partial charge in [0.15, 0.2) is 12.4 Å². The molecule has 0 bridgehead atoms. The van der Waals surface area contributed by atoms with Crippen molar-refractivity contribution in [1.29, 1.82) is 0 Å². The number of carbonyl (C=O) groups excluding carboxylic acids is 1. The summed E-state index contributed by atoms with van der Waals surface area (Å²) in [5.74, 6) is 0.528. The number of hydrogen-bond donors (Lipinski definition) is 2. The van der Waals surface area contributed by atoms with Crippen molar-refractivity contribution in [3.05, 3.63) is 22.2 Å². The Morgan fingerprint density at radius 1 is 1.57 bits per heavy atom. The first-order chi connectivity index (χ1) is 6.70. The largest absolute Gasteiger partial charge is 0.480 e. The lowest BCUT2D eigenvalue weighted by Gasteiger charge is -2.19. The molecule has 0 saturated heterocycles. The number of anilines is 1. The fourth-order valence-electron chi connectivity index (χ4n) is 1.33. The average Bonchev–Trinajstić information content (AvgIpc) is 2.16. The maximum atomic E-state index is 11.1. The Kier molecular flexibility index (Phi) is 2.43. The van der Waals surface area contributed by atoms with E-state index >= 15 is 0 Å². The quantitative estimate of drug-likeness (QED) is 0.795. The van der Waals surface area contributed by atoms with Crippen LogP contribution in [0.3, 0.4) is 0 Å². The normalized spacial score (nSPS) is 14.3. The number of halogens is 1. The Bertz CT molecular complexity index is 393. The molecule has 4 nitrogen and oxygen atoms in total. The lowest BCUT2D eigenvalue weighted by molar-refractivity contribution is -0.118. The summed E-state index contributed by atoms with van der Waals surface area (Å²) in [6, 6.07) is 3.70. The molecule has 0 unspecified atom stereocenters. The van der Waals surface area contributed by atoms with Gasteiger partial charge in [0, 0.05) is 6.54 Å². The topological polar surface area (TPSA) is 64.3 Å². The lowest BCUT2D eigenvalue weighted by atomic mass is 10.1. The molecule has 0 aliphatic carbocycles. The Balaban J connectivity index is 2.48. The standard InChI is InChI=1S/C9H9BrN2O2/c10-6-1-5(3-11)2-7-9(6)14-4-8(13)12-7/h1-2H,3-4,11H2,(H,12,13). The first-order valence-corrected chi connectivity index (χ1v) is 4.95. The van der Waals surface area contributed by atoms with Crippen LogP contribution in [0, 0.1) is 0 Å². The van der Waals surface area contributed by atoms with Gasteiger partial charge >= 0.3 is 0 Å². The second-order valence-corrected chi connectivity index (χ2v) is 3.85. The van der Waals surface area contributed by atoms with Gasteiger partial charge in [0.25, 0.3) is 5.91 Å². The molecule has 0 atom stereocenters. The molecule has 1 heterocycles. The van der Waals surface area contributed by atoms with E-state index in [9.17, 15) is 4.79 Å². The molecule has 3 N–H and O–H groups in total. The van der Waals surface area contributed by atoms with Gasteiger partial charge in [0.2, 0.25) is 0 Å². The molecule has 0 saturated carbocycles. The van der Waals surface area contributed by atoms with Crippen molar-refractivity contribution in [2.75, 3.05) is 11.9 Å². The molecule has 0 aromatic heterocycles. The van der Waals surface area contributed by atoms with Gasteiger partial charge in [-0.2, -0.15) is 0 Å². The van der Waals surface area contributed by atoms with E-state index < -0.39 is 0 Å². The molecular formula is C9H9BrN2O2. The second-order valence-electron chi connectivity index (χ2n) is 3.00. The molecule has 0 spiro atoms. The highest BCUT2D eigenvalue weighted by atomic mass is 79.9. The molecule has 1 aliphatic heterocycles. The highest BCUT2D eigenvalue weighted by Crippen LogP contribution is 2.36. The van der Waals surface area contributed by atoms with Crippen molar-refractivity contribution < 1.29 is 9.53 Å².